The van der Waals surface area contributed by atoms with Crippen LogP contribution in [-0.4, -0.2) is 38.7 Å². The predicted octanol–water partition coefficient (Wildman–Crippen LogP) is 1.60. The van der Waals surface area contributed by atoms with Crippen molar-refractivity contribution < 1.29 is 23.0 Å². The van der Waals surface area contributed by atoms with Gasteiger partial charge in [-0.25, -0.2) is 8.42 Å². The lowest BCUT2D eigenvalue weighted by Crippen LogP contribution is -2.27. The van der Waals surface area contributed by atoms with E-state index in [2.05, 4.69) is 0 Å². The summed E-state index contributed by atoms with van der Waals surface area (Å²) in [5, 5.41) is 9.24. The monoisotopic (exact) mass is 375 g/mol. The Balaban J connectivity index is 1.76. The highest BCUT2D eigenvalue weighted by molar-refractivity contribution is 7.92. The van der Waals surface area contributed by atoms with E-state index in [-0.39, 0.29) is 24.8 Å². The number of aliphatic hydroxyl groups is 1. The summed E-state index contributed by atoms with van der Waals surface area (Å²) in [5.74, 6) is 0.831. The van der Waals surface area contributed by atoms with Gasteiger partial charge in [0, 0.05) is 17.9 Å². The summed E-state index contributed by atoms with van der Waals surface area (Å²) in [6, 6.07) is 12.1. The van der Waals surface area contributed by atoms with Gasteiger partial charge in [0.2, 0.25) is 6.79 Å². The van der Waals surface area contributed by atoms with Crippen LogP contribution in [0.2, 0.25) is 0 Å². The first-order valence-electron chi connectivity index (χ1n) is 8.45. The van der Waals surface area contributed by atoms with Crippen molar-refractivity contribution in [2.24, 2.45) is 11.1 Å². The van der Waals surface area contributed by atoms with Gasteiger partial charge in [-0.3, -0.25) is 0 Å². The maximum Gasteiger partial charge on any atom is 0.231 e. The third-order valence-electron chi connectivity index (χ3n) is 5.49. The number of sulfone groups is 1. The average Bonchev–Trinajstić information content (AvgIpc) is 3.12. The number of benzene rings is 2. The molecule has 3 atom stereocenters. The van der Waals surface area contributed by atoms with Crippen LogP contribution in [0.25, 0.3) is 0 Å². The van der Waals surface area contributed by atoms with E-state index in [0.29, 0.717) is 11.5 Å². The summed E-state index contributed by atoms with van der Waals surface area (Å²) in [4.78, 5) is 0.252. The lowest BCUT2D eigenvalue weighted by molar-refractivity contribution is 0.174. The van der Waals surface area contributed by atoms with Gasteiger partial charge in [-0.15, -0.1) is 0 Å². The maximum absolute atomic E-state index is 13.2. The highest BCUT2D eigenvalue weighted by Gasteiger charge is 2.70. The molecule has 2 aliphatic rings. The number of fused-ring (bicyclic) bond motifs is 1. The number of ether oxygens (including phenoxy) is 2. The van der Waals surface area contributed by atoms with Crippen molar-refractivity contribution >= 4 is 9.84 Å². The summed E-state index contributed by atoms with van der Waals surface area (Å²) in [7, 11) is -3.64. The molecule has 0 saturated heterocycles. The first kappa shape index (κ1) is 17.3. The first-order chi connectivity index (χ1) is 12.4. The van der Waals surface area contributed by atoms with Gasteiger partial charge < -0.3 is 20.3 Å². The molecule has 1 aliphatic heterocycles. The van der Waals surface area contributed by atoms with Gasteiger partial charge in [-0.1, -0.05) is 23.8 Å². The molecule has 1 saturated carbocycles. The molecule has 1 fully saturated rings. The van der Waals surface area contributed by atoms with Gasteiger partial charge in [-0.05, 0) is 36.8 Å². The van der Waals surface area contributed by atoms with E-state index in [9.17, 15) is 13.5 Å². The number of hydrogen-bond donors (Lipinski definition) is 2. The number of rotatable bonds is 5. The number of aryl methyl sites for hydroxylation is 1. The van der Waals surface area contributed by atoms with Crippen LogP contribution >= 0.6 is 0 Å². The highest BCUT2D eigenvalue weighted by Crippen LogP contribution is 2.63. The smallest absolute Gasteiger partial charge is 0.231 e. The maximum atomic E-state index is 13.2. The summed E-state index contributed by atoms with van der Waals surface area (Å²) >= 11 is 0. The minimum atomic E-state index is -3.64. The zero-order valence-electron chi connectivity index (χ0n) is 14.4. The molecule has 1 heterocycles. The van der Waals surface area contributed by atoms with Crippen LogP contribution in [0.15, 0.2) is 47.4 Å². The largest absolute Gasteiger partial charge is 0.454 e. The fraction of sp³-hybridized carbons (Fsp3) is 0.368. The molecular formula is C19H21NO5S. The Morgan fingerprint density at radius 3 is 2.50 bits per heavy atom. The van der Waals surface area contributed by atoms with Gasteiger partial charge in [0.25, 0.3) is 0 Å². The molecule has 26 heavy (non-hydrogen) atoms. The summed E-state index contributed by atoms with van der Waals surface area (Å²) < 4.78 is 37.2. The zero-order chi connectivity index (χ0) is 18.5. The Bertz CT molecular complexity index is 935. The van der Waals surface area contributed by atoms with Crippen LogP contribution in [0.1, 0.15) is 17.0 Å². The van der Waals surface area contributed by atoms with Crippen LogP contribution in [0.4, 0.5) is 0 Å². The van der Waals surface area contributed by atoms with Gasteiger partial charge in [0.1, 0.15) is 0 Å². The normalized spacial score (nSPS) is 26.7. The van der Waals surface area contributed by atoms with Crippen molar-refractivity contribution in [3.05, 3.63) is 53.6 Å². The van der Waals surface area contributed by atoms with Gasteiger partial charge in [0.05, 0.1) is 16.8 Å². The second-order valence-corrected chi connectivity index (χ2v) is 9.03. The van der Waals surface area contributed by atoms with Crippen molar-refractivity contribution in [1.82, 2.24) is 0 Å². The first-order valence-corrected chi connectivity index (χ1v) is 10.00. The molecule has 0 amide bonds. The minimum absolute atomic E-state index is 0.0817. The van der Waals surface area contributed by atoms with E-state index < -0.39 is 26.4 Å². The van der Waals surface area contributed by atoms with Crippen LogP contribution in [0, 0.1) is 12.3 Å². The van der Waals surface area contributed by atoms with Crippen molar-refractivity contribution in [3.63, 3.8) is 0 Å². The van der Waals surface area contributed by atoms with E-state index >= 15 is 0 Å². The van der Waals surface area contributed by atoms with Crippen LogP contribution in [-0.2, 0) is 9.84 Å². The number of nitrogens with two attached hydrogens (primary N) is 1. The standard InChI is InChI=1S/C19H21NO5S/c1-12-2-5-14(6-3-12)26(22,23)18-17(19(18,9-20)10-21)13-4-7-15-16(8-13)25-11-24-15/h2-8,17-18,21H,9-11,20H2,1H3/t17-,18+,19-/m0/s1. The molecule has 138 valence electrons. The Kier molecular flexibility index (Phi) is 3.98. The SMILES string of the molecule is Cc1ccc(S(=O)(=O)[C@@H]2[C@H](c3ccc4c(c3)OCO4)[C@]2(CN)CO)cc1. The molecule has 2 aromatic carbocycles. The van der Waals surface area contributed by atoms with Gasteiger partial charge in [-0.2, -0.15) is 0 Å². The highest BCUT2D eigenvalue weighted by atomic mass is 32.2. The summed E-state index contributed by atoms with van der Waals surface area (Å²) in [6.07, 6.45) is 0. The van der Waals surface area contributed by atoms with Gasteiger partial charge in [0.15, 0.2) is 21.3 Å². The molecule has 0 unspecified atom stereocenters. The molecule has 3 N–H and O–H groups in total. The van der Waals surface area contributed by atoms with Crippen molar-refractivity contribution in [2.75, 3.05) is 19.9 Å². The van der Waals surface area contributed by atoms with Crippen LogP contribution < -0.4 is 15.2 Å². The second-order valence-electron chi connectivity index (χ2n) is 6.96. The molecule has 0 aromatic heterocycles. The zero-order valence-corrected chi connectivity index (χ0v) is 15.2. The molecular weight excluding hydrogens is 354 g/mol. The lowest BCUT2D eigenvalue weighted by Gasteiger charge is -2.12. The van der Waals surface area contributed by atoms with Crippen molar-refractivity contribution in [3.8, 4) is 11.5 Å². The fourth-order valence-corrected chi connectivity index (χ4v) is 6.38. The molecule has 6 nitrogen and oxygen atoms in total. The molecule has 1 aliphatic carbocycles. The van der Waals surface area contributed by atoms with E-state index in [4.69, 9.17) is 15.2 Å². The molecule has 0 radical (unpaired) electrons. The predicted molar refractivity (Wildman–Crippen MR) is 96.0 cm³/mol. The third kappa shape index (κ3) is 2.42. The Hall–Kier alpha value is -2.09. The van der Waals surface area contributed by atoms with E-state index in [1.165, 1.54) is 0 Å². The van der Waals surface area contributed by atoms with E-state index in [1.54, 1.807) is 36.4 Å². The average molecular weight is 375 g/mol. The fourth-order valence-electron chi connectivity index (χ4n) is 3.93. The molecule has 2 aromatic rings. The summed E-state index contributed by atoms with van der Waals surface area (Å²) in [6.45, 7) is 1.84. The Morgan fingerprint density at radius 1 is 1.15 bits per heavy atom. The van der Waals surface area contributed by atoms with Crippen LogP contribution in [0.3, 0.4) is 0 Å². The minimum Gasteiger partial charge on any atom is -0.454 e. The summed E-state index contributed by atoms with van der Waals surface area (Å²) in [5.41, 5.74) is 6.81. The van der Waals surface area contributed by atoms with E-state index in [0.717, 1.165) is 11.1 Å². The number of aliphatic hydroxyl groups excluding tert-OH is 1. The molecule has 4 rings (SSSR count). The van der Waals surface area contributed by atoms with Crippen molar-refractivity contribution in [2.45, 2.75) is 23.0 Å². The number of hydrogen-bond acceptors (Lipinski definition) is 6. The van der Waals surface area contributed by atoms with E-state index in [1.807, 2.05) is 13.0 Å². The Morgan fingerprint density at radius 2 is 1.85 bits per heavy atom. The molecule has 0 bridgehead atoms. The van der Waals surface area contributed by atoms with Crippen LogP contribution in [0.5, 0.6) is 11.5 Å². The van der Waals surface area contributed by atoms with Crippen molar-refractivity contribution in [1.29, 1.82) is 0 Å². The third-order valence-corrected chi connectivity index (χ3v) is 7.83. The van der Waals surface area contributed by atoms with Gasteiger partial charge >= 0.3 is 0 Å². The molecule has 0 spiro atoms. The molecule has 7 heteroatoms. The second kappa shape index (κ2) is 5.97. The topological polar surface area (TPSA) is 98.9 Å². The Labute approximate surface area is 152 Å². The quantitative estimate of drug-likeness (QED) is 0.824. The lowest BCUT2D eigenvalue weighted by atomic mass is 10.00.